The number of nitrogens with zero attached hydrogens (tertiary/aromatic N) is 2. The van der Waals surface area contributed by atoms with E-state index in [0.29, 0.717) is 109 Å². The van der Waals surface area contributed by atoms with Gasteiger partial charge in [0.25, 0.3) is 23.6 Å². The summed E-state index contributed by atoms with van der Waals surface area (Å²) in [6.45, 7) is 18.7. The monoisotopic (exact) mass is 1950 g/mol. The van der Waals surface area contributed by atoms with Crippen LogP contribution in [0.25, 0.3) is 105 Å². The van der Waals surface area contributed by atoms with Gasteiger partial charge < -0.3 is 21.3 Å². The molecule has 2 atom stereocenters. The van der Waals surface area contributed by atoms with Crippen LogP contribution in [0.5, 0.6) is 0 Å². The summed E-state index contributed by atoms with van der Waals surface area (Å²) in [5, 5.41) is 20.8. The molecule has 16 rings (SSSR count). The Morgan fingerprint density at radius 2 is 0.620 bits per heavy atom. The van der Waals surface area contributed by atoms with Crippen LogP contribution < -0.4 is 47.9 Å². The molecule has 12 aromatic carbocycles. The topological polar surface area (TPSA) is 235 Å². The summed E-state index contributed by atoms with van der Waals surface area (Å²) in [5.41, 5.74) is 17.0. The molecule has 15 nitrogen and oxygen atoms in total. The summed E-state index contributed by atoms with van der Waals surface area (Å²) in [6, 6.07) is 82.9. The Morgan fingerprint density at radius 3 is 0.944 bits per heavy atom. The number of hydrogen-bond acceptors (Lipinski definition) is 14. The van der Waals surface area contributed by atoms with Gasteiger partial charge in [-0.3, -0.25) is 38.4 Å². The number of fused-ring (bicyclic) bond motifs is 8. The summed E-state index contributed by atoms with van der Waals surface area (Å²) >= 11 is 6.21. The highest BCUT2D eigenvalue weighted by molar-refractivity contribution is 7.25. The Bertz CT molecular complexity index is 7800. The van der Waals surface area contributed by atoms with Crippen LogP contribution in [0.1, 0.15) is 205 Å². The molecule has 0 fully saturated rings. The largest absolute Gasteiger partial charge is 0.348 e. The van der Waals surface area contributed by atoms with Gasteiger partial charge in [0, 0.05) is 122 Å². The summed E-state index contributed by atoms with van der Waals surface area (Å²) in [6.07, 6.45) is 47.4. The Labute approximate surface area is 845 Å². The maximum atomic E-state index is 13.2. The molecule has 2 unspecified atom stereocenters. The minimum Gasteiger partial charge on any atom is -0.348 e. The summed E-state index contributed by atoms with van der Waals surface area (Å²) in [4.78, 5) is 107. The van der Waals surface area contributed by atoms with E-state index in [1.54, 1.807) is 82.5 Å². The fraction of sp³-hybridized carbons (Fsp3) is 0.203. The second kappa shape index (κ2) is 52.8. The molecule has 142 heavy (non-hydrogen) atoms. The molecule has 16 aromatic rings. The van der Waals surface area contributed by atoms with Crippen LogP contribution in [0.15, 0.2) is 364 Å². The molecule has 4 aromatic heterocycles. The maximum absolute atomic E-state index is 13.2. The molecule has 4 heterocycles. The number of rotatable bonds is 34. The van der Waals surface area contributed by atoms with Crippen LogP contribution in [-0.4, -0.2) is 30.2 Å². The Hall–Kier alpha value is -15.1. The molecular weight excluding hydrogens is 1830 g/mol. The van der Waals surface area contributed by atoms with E-state index in [1.807, 2.05) is 212 Å². The van der Waals surface area contributed by atoms with Crippen molar-refractivity contribution in [1.29, 1.82) is 5.53 Å². The third kappa shape index (κ3) is 30.0. The number of allylic oxidation sites excluding steroid dienone is 12. The van der Waals surface area contributed by atoms with Crippen LogP contribution in [0.2, 0.25) is 0 Å². The lowest BCUT2D eigenvalue weighted by molar-refractivity contribution is 0.0929. The molecule has 4 amide bonds. The zero-order valence-corrected chi connectivity index (χ0v) is 84.5. The van der Waals surface area contributed by atoms with E-state index in [4.69, 9.17) is 12.0 Å². The van der Waals surface area contributed by atoms with Crippen LogP contribution in [-0.2, 0) is 13.1 Å². The number of terminal acetylenes is 1. The Morgan fingerprint density at radius 1 is 0.331 bits per heavy atom. The van der Waals surface area contributed by atoms with Gasteiger partial charge in [0.2, 0.25) is 4.91 Å². The molecule has 0 saturated heterocycles. The van der Waals surface area contributed by atoms with Crippen molar-refractivity contribution in [2.24, 2.45) is 28.8 Å². The lowest BCUT2D eigenvalue weighted by Gasteiger charge is -2.17. The zero-order valence-electron chi connectivity index (χ0n) is 81.3. The van der Waals surface area contributed by atoms with Crippen LogP contribution in [0.4, 0.5) is 0 Å². The minimum atomic E-state index is -0.463. The number of hydrogen-bond donors (Lipinski definition) is 5. The number of amides is 4. The number of nitrogens with one attached hydrogen (secondary N) is 5. The fourth-order valence-corrected chi connectivity index (χ4v) is 19.8. The average Bonchev–Trinajstić information content (AvgIpc) is 0.780. The lowest BCUT2D eigenvalue weighted by Crippen LogP contribution is -2.30. The van der Waals surface area contributed by atoms with E-state index in [9.17, 15) is 38.4 Å². The number of carbonyl (C=O) groups is 4. The van der Waals surface area contributed by atoms with Crippen molar-refractivity contribution in [2.75, 3.05) is 6.54 Å². The minimum absolute atomic E-state index is 0.0296. The van der Waals surface area contributed by atoms with Crippen molar-refractivity contribution < 1.29 is 19.2 Å². The predicted octanol–water partition coefficient (Wildman–Crippen LogP) is 29.7. The first kappa shape index (κ1) is 104. The molecule has 0 spiro atoms. The summed E-state index contributed by atoms with van der Waals surface area (Å²) in [5.74, 6) is 4.44. The van der Waals surface area contributed by atoms with Gasteiger partial charge in [-0.15, -0.1) is 57.7 Å². The second-order valence-corrected chi connectivity index (χ2v) is 40.6. The van der Waals surface area contributed by atoms with E-state index in [-0.39, 0.29) is 57.9 Å². The standard InChI is InChI=1S/C33H31NO2S.C31H30N4O2S.C30H29NO2S.C29H27NO2S/c1-4-11-29(25-18-16-24(17-19-25)13-8-6-5-7-12-23(2)3)34-33(36)26-20-21-31-28(22-26)32(35)27-14-9-10-15-30(27)37-31;1-21(2)9-5-3-4-6-10-22-13-15-23(16-14-22)27(20-33-35-32)34-31(37)24-17-18-29-26(19-24)30(36)25-11-7-8-12-28(25)38-29;1-21(2)9-5-3-4-6-10-22-13-15-23(16-14-22)20-31-30(33)24-17-18-28-26(19-24)29(32)25-11-7-8-12-27(25)34-28;1-20(2)8-4-3-5-9-21-12-14-22(15-13-21)19-30-29(32)23-16-17-27-25(18-23)28(31)24-10-6-7-11-26(24)33-27/h1,5,7-10,13-23,29H,6,11-12H2,2-3H3,(H,34,36);3,5-8,10-19,21,27,32H,4,9,20H2,1-2H3;3,5-8,10-19,21H,4,9,20H2,1-2H3,(H,31,33);3-7,9-18,20H,8,19H2,1-2H3,(H,30,32)/p+1/b7-5-,13-8+;2*5-3-,10-6+;4-3+,9-5+. The first-order chi connectivity index (χ1) is 68.9. The highest BCUT2D eigenvalue weighted by atomic mass is 32.1. The first-order valence-corrected chi connectivity index (χ1v) is 51.3. The highest BCUT2D eigenvalue weighted by Crippen LogP contribution is 2.32. The molecule has 19 heteroatoms. The smallest absolute Gasteiger partial charge is 0.251 e. The van der Waals surface area contributed by atoms with Gasteiger partial charge in [0.1, 0.15) is 17.2 Å². The Kier molecular flexibility index (Phi) is 38.7. The van der Waals surface area contributed by atoms with Gasteiger partial charge in [0.15, 0.2) is 21.7 Å². The SMILES string of the molecule is C#CCC(NC(=O)c1ccc2sc3ccccc3c(=O)c2c1)c1ccc(/C=C/C/C=C\CC(C)C)cc1.CC(C)C/C=C/C=C/c1ccc(CNC(=O)c2ccc3sc4ccccc4c(=O)c3c2)cc1.CC(C)C/C=C\C/C=C/c1ccc(C(CN=[N+]=N)NC(=O)c2ccc3sc4ccccc4c(=O)c3c2)cc1.CC(C)C/C=C\C/C=C/c1ccc(CNC(=O)c2ccc3sc4ccccc4c(=O)c3c2)cc1. The van der Waals surface area contributed by atoms with Crippen molar-refractivity contribution >= 4 is 174 Å². The van der Waals surface area contributed by atoms with Gasteiger partial charge in [-0.05, 0) is 234 Å². The molecule has 0 aliphatic heterocycles. The van der Waals surface area contributed by atoms with Crippen molar-refractivity contribution in [2.45, 2.75) is 132 Å². The van der Waals surface area contributed by atoms with Crippen molar-refractivity contribution in [3.63, 3.8) is 0 Å². The van der Waals surface area contributed by atoms with Crippen LogP contribution in [0, 0.1) is 41.5 Å². The predicted molar refractivity (Wildman–Crippen MR) is 601 cm³/mol. The molecule has 0 saturated carbocycles. The molecule has 0 aliphatic carbocycles. The van der Waals surface area contributed by atoms with E-state index >= 15 is 0 Å². The second-order valence-electron chi connectivity index (χ2n) is 36.3. The molecule has 716 valence electrons. The number of benzene rings is 12. The normalized spacial score (nSPS) is 12.2. The third-order valence-corrected chi connectivity index (χ3v) is 28.0. The van der Waals surface area contributed by atoms with E-state index < -0.39 is 6.04 Å². The van der Waals surface area contributed by atoms with E-state index in [1.165, 1.54) is 11.3 Å². The van der Waals surface area contributed by atoms with E-state index in [2.05, 4.69) is 196 Å². The van der Waals surface area contributed by atoms with Gasteiger partial charge in [-0.25, -0.2) is 0 Å². The van der Waals surface area contributed by atoms with Gasteiger partial charge in [-0.2, -0.15) is 0 Å². The first-order valence-electron chi connectivity index (χ1n) is 48.1. The van der Waals surface area contributed by atoms with Crippen molar-refractivity contribution in [1.82, 2.24) is 26.2 Å². The quantitative estimate of drug-likeness (QED) is 0.00648. The lowest BCUT2D eigenvalue weighted by atomic mass is 10.0. The van der Waals surface area contributed by atoms with Crippen molar-refractivity contribution in [3.05, 3.63) is 447 Å². The highest BCUT2D eigenvalue weighted by Gasteiger charge is 2.22. The molecule has 0 bridgehead atoms. The Balaban J connectivity index is 0.000000159. The van der Waals surface area contributed by atoms with Gasteiger partial charge in [-0.1, -0.05) is 298 Å². The maximum Gasteiger partial charge on any atom is 0.251 e. The number of carbonyl (C=O) groups excluding carboxylic acids is 4. The zero-order chi connectivity index (χ0) is 100. The van der Waals surface area contributed by atoms with E-state index in [0.717, 1.165) is 127 Å². The van der Waals surface area contributed by atoms with Crippen LogP contribution >= 0.6 is 45.3 Å². The van der Waals surface area contributed by atoms with Crippen molar-refractivity contribution in [3.8, 4) is 12.3 Å². The third-order valence-electron chi connectivity index (χ3n) is 23.4. The average molecular weight is 1950 g/mol. The molecule has 0 radical (unpaired) electrons. The van der Waals surface area contributed by atoms with Gasteiger partial charge in [0.05, 0.1) is 12.1 Å². The molecular formula is C123H118N7O8S4+. The summed E-state index contributed by atoms with van der Waals surface area (Å²) < 4.78 is 7.24. The fourth-order valence-electron chi connectivity index (χ4n) is 15.6. The molecule has 5 N–H and O–H groups in total. The summed E-state index contributed by atoms with van der Waals surface area (Å²) in [7, 11) is 0. The van der Waals surface area contributed by atoms with Crippen LogP contribution in [0.3, 0.4) is 0 Å². The van der Waals surface area contributed by atoms with Gasteiger partial charge >= 0.3 is 0 Å². The molecule has 0 aliphatic rings.